The van der Waals surface area contributed by atoms with Crippen LogP contribution < -0.4 is 14.8 Å². The number of anilines is 1. The molecule has 0 aliphatic carbocycles. The summed E-state index contributed by atoms with van der Waals surface area (Å²) in [6.07, 6.45) is 1.26. The lowest BCUT2D eigenvalue weighted by atomic mass is 9.95. The normalized spacial score (nSPS) is 16.5. The number of benzene rings is 2. The lowest BCUT2D eigenvalue weighted by molar-refractivity contribution is -0.121. The minimum atomic E-state index is -0.110. The Balaban J connectivity index is 1.38. The number of carbonyl (C=O) groups excluding carboxylic acids is 2. The number of likely N-dealkylation sites (tertiary alicyclic amines) is 1. The SMILES string of the molecule is O=C(Nc1ccccc1)C1CCN(C(=O)c2cc(Cl)c3c(c2)OCCO3)CC1. The molecule has 146 valence electrons. The van der Waals surface area contributed by atoms with Gasteiger partial charge in [-0.15, -0.1) is 0 Å². The largest absolute Gasteiger partial charge is 0.486 e. The van der Waals surface area contributed by atoms with Gasteiger partial charge < -0.3 is 19.7 Å². The lowest BCUT2D eigenvalue weighted by Gasteiger charge is -2.31. The van der Waals surface area contributed by atoms with Crippen molar-refractivity contribution in [1.29, 1.82) is 0 Å². The molecule has 1 fully saturated rings. The summed E-state index contributed by atoms with van der Waals surface area (Å²) in [4.78, 5) is 27.1. The van der Waals surface area contributed by atoms with Crippen molar-refractivity contribution in [2.24, 2.45) is 5.92 Å². The molecule has 28 heavy (non-hydrogen) atoms. The molecule has 2 heterocycles. The molecule has 0 bridgehead atoms. The van der Waals surface area contributed by atoms with Gasteiger partial charge >= 0.3 is 0 Å². The Morgan fingerprint density at radius 2 is 1.75 bits per heavy atom. The Hall–Kier alpha value is -2.73. The Bertz CT molecular complexity index is 879. The average molecular weight is 401 g/mol. The van der Waals surface area contributed by atoms with Crippen LogP contribution >= 0.6 is 11.6 Å². The van der Waals surface area contributed by atoms with Crippen LogP contribution in [0.5, 0.6) is 11.5 Å². The average Bonchev–Trinajstić information content (AvgIpc) is 2.74. The Labute approximate surface area is 168 Å². The van der Waals surface area contributed by atoms with E-state index in [-0.39, 0.29) is 17.7 Å². The molecule has 0 saturated carbocycles. The Kier molecular flexibility index (Phi) is 5.39. The van der Waals surface area contributed by atoms with E-state index in [1.807, 2.05) is 30.3 Å². The second kappa shape index (κ2) is 8.10. The van der Waals surface area contributed by atoms with Gasteiger partial charge in [-0.1, -0.05) is 29.8 Å². The van der Waals surface area contributed by atoms with Crippen LogP contribution in [0, 0.1) is 5.92 Å². The molecule has 0 atom stereocenters. The minimum absolute atomic E-state index is 0.000623. The van der Waals surface area contributed by atoms with Gasteiger partial charge in [0.2, 0.25) is 5.91 Å². The molecule has 0 radical (unpaired) electrons. The summed E-state index contributed by atoms with van der Waals surface area (Å²) in [5, 5.41) is 3.31. The van der Waals surface area contributed by atoms with Gasteiger partial charge in [-0.2, -0.15) is 0 Å². The van der Waals surface area contributed by atoms with E-state index in [9.17, 15) is 9.59 Å². The van der Waals surface area contributed by atoms with Crippen LogP contribution in [0.25, 0.3) is 0 Å². The van der Waals surface area contributed by atoms with Crippen LogP contribution in [0.2, 0.25) is 5.02 Å². The van der Waals surface area contributed by atoms with Crippen molar-refractivity contribution < 1.29 is 19.1 Å². The van der Waals surface area contributed by atoms with Crippen molar-refractivity contribution >= 4 is 29.1 Å². The zero-order valence-corrected chi connectivity index (χ0v) is 16.1. The smallest absolute Gasteiger partial charge is 0.254 e. The number of rotatable bonds is 3. The van der Waals surface area contributed by atoms with Crippen molar-refractivity contribution in [1.82, 2.24) is 4.90 Å². The first-order valence-electron chi connectivity index (χ1n) is 9.36. The maximum absolute atomic E-state index is 12.9. The molecule has 4 rings (SSSR count). The first-order valence-corrected chi connectivity index (χ1v) is 9.74. The van der Waals surface area contributed by atoms with E-state index in [4.69, 9.17) is 21.1 Å². The summed E-state index contributed by atoms with van der Waals surface area (Å²) >= 11 is 6.24. The molecular formula is C21H21ClN2O4. The van der Waals surface area contributed by atoms with Gasteiger partial charge in [0, 0.05) is 30.3 Å². The molecule has 2 aromatic carbocycles. The molecule has 7 heteroatoms. The van der Waals surface area contributed by atoms with E-state index >= 15 is 0 Å². The van der Waals surface area contributed by atoms with Gasteiger partial charge in [0.15, 0.2) is 11.5 Å². The molecule has 1 N–H and O–H groups in total. The summed E-state index contributed by atoms with van der Waals surface area (Å²) in [5.41, 5.74) is 1.26. The van der Waals surface area contributed by atoms with Crippen molar-refractivity contribution in [3.63, 3.8) is 0 Å². The maximum atomic E-state index is 12.9. The Morgan fingerprint density at radius 1 is 1.04 bits per heavy atom. The predicted octanol–water partition coefficient (Wildman–Crippen LogP) is 3.60. The fourth-order valence-electron chi connectivity index (χ4n) is 3.53. The van der Waals surface area contributed by atoms with Crippen LogP contribution in [-0.4, -0.2) is 43.0 Å². The van der Waals surface area contributed by atoms with E-state index in [2.05, 4.69) is 5.32 Å². The van der Waals surface area contributed by atoms with Crippen molar-refractivity contribution in [3.8, 4) is 11.5 Å². The first-order chi connectivity index (χ1) is 13.6. The third-order valence-corrected chi connectivity index (χ3v) is 5.32. The molecule has 1 saturated heterocycles. The molecule has 0 unspecified atom stereocenters. The molecule has 2 aromatic rings. The molecule has 0 spiro atoms. The van der Waals surface area contributed by atoms with Gasteiger partial charge in [0.25, 0.3) is 5.91 Å². The van der Waals surface area contributed by atoms with Gasteiger partial charge in [-0.25, -0.2) is 0 Å². The van der Waals surface area contributed by atoms with Gasteiger partial charge in [-0.05, 0) is 37.1 Å². The summed E-state index contributed by atoms with van der Waals surface area (Å²) in [6, 6.07) is 12.7. The van der Waals surface area contributed by atoms with Gasteiger partial charge in [0.05, 0.1) is 5.02 Å². The van der Waals surface area contributed by atoms with Crippen LogP contribution in [-0.2, 0) is 4.79 Å². The molecular weight excluding hydrogens is 380 g/mol. The Morgan fingerprint density at radius 3 is 2.50 bits per heavy atom. The number of nitrogens with zero attached hydrogens (tertiary/aromatic N) is 1. The molecule has 6 nitrogen and oxygen atoms in total. The number of piperidine rings is 1. The van der Waals surface area contributed by atoms with Gasteiger partial charge in [0.1, 0.15) is 13.2 Å². The summed E-state index contributed by atoms with van der Waals surface area (Å²) in [7, 11) is 0. The number of ether oxygens (including phenoxy) is 2. The van der Waals surface area contributed by atoms with E-state index in [0.717, 1.165) is 5.69 Å². The van der Waals surface area contributed by atoms with Crippen LogP contribution in [0.3, 0.4) is 0 Å². The first kappa shape index (κ1) is 18.6. The maximum Gasteiger partial charge on any atom is 0.254 e. The standard InChI is InChI=1S/C21H21ClN2O4/c22-17-12-15(13-18-19(17)28-11-10-27-18)21(26)24-8-6-14(7-9-24)20(25)23-16-4-2-1-3-5-16/h1-5,12-14H,6-11H2,(H,23,25). The predicted molar refractivity (Wildman–Crippen MR) is 106 cm³/mol. The third kappa shape index (κ3) is 3.92. The van der Waals surface area contributed by atoms with Crippen molar-refractivity contribution in [2.45, 2.75) is 12.8 Å². The number of fused-ring (bicyclic) bond motifs is 1. The molecule has 0 aromatic heterocycles. The van der Waals surface area contributed by atoms with E-state index in [0.29, 0.717) is 61.2 Å². The van der Waals surface area contributed by atoms with Gasteiger partial charge in [-0.3, -0.25) is 9.59 Å². The zero-order valence-electron chi connectivity index (χ0n) is 15.3. The quantitative estimate of drug-likeness (QED) is 0.854. The number of carbonyl (C=O) groups is 2. The number of nitrogens with one attached hydrogen (secondary N) is 1. The third-order valence-electron chi connectivity index (χ3n) is 5.04. The number of amides is 2. The summed E-state index contributed by atoms with van der Waals surface area (Å²) < 4.78 is 11.1. The number of hydrogen-bond donors (Lipinski definition) is 1. The highest BCUT2D eigenvalue weighted by atomic mass is 35.5. The number of hydrogen-bond acceptors (Lipinski definition) is 4. The highest BCUT2D eigenvalue weighted by molar-refractivity contribution is 6.32. The number of para-hydroxylation sites is 1. The van der Waals surface area contributed by atoms with Crippen molar-refractivity contribution in [2.75, 3.05) is 31.6 Å². The second-order valence-corrected chi connectivity index (χ2v) is 7.31. The summed E-state index contributed by atoms with van der Waals surface area (Å²) in [5.74, 6) is 0.773. The number of halogens is 1. The van der Waals surface area contributed by atoms with E-state index in [1.54, 1.807) is 17.0 Å². The van der Waals surface area contributed by atoms with Crippen LogP contribution in [0.4, 0.5) is 5.69 Å². The highest BCUT2D eigenvalue weighted by Crippen LogP contribution is 2.38. The fraction of sp³-hybridized carbons (Fsp3) is 0.333. The molecule has 2 aliphatic rings. The monoisotopic (exact) mass is 400 g/mol. The van der Waals surface area contributed by atoms with E-state index < -0.39 is 0 Å². The highest BCUT2D eigenvalue weighted by Gasteiger charge is 2.29. The lowest BCUT2D eigenvalue weighted by Crippen LogP contribution is -2.41. The van der Waals surface area contributed by atoms with Crippen LogP contribution in [0.15, 0.2) is 42.5 Å². The topological polar surface area (TPSA) is 67.9 Å². The zero-order chi connectivity index (χ0) is 19.5. The molecule has 2 amide bonds. The fourth-order valence-corrected chi connectivity index (χ4v) is 3.79. The van der Waals surface area contributed by atoms with Crippen LogP contribution in [0.1, 0.15) is 23.2 Å². The summed E-state index contributed by atoms with van der Waals surface area (Å²) in [6.45, 7) is 1.93. The molecule has 2 aliphatic heterocycles. The van der Waals surface area contributed by atoms with E-state index in [1.165, 1.54) is 0 Å². The minimum Gasteiger partial charge on any atom is -0.486 e. The second-order valence-electron chi connectivity index (χ2n) is 6.90. The van der Waals surface area contributed by atoms with Crippen molar-refractivity contribution in [3.05, 3.63) is 53.1 Å².